The van der Waals surface area contributed by atoms with Gasteiger partial charge in [-0.25, -0.2) is 9.50 Å². The van der Waals surface area contributed by atoms with Gasteiger partial charge >= 0.3 is 0 Å². The quantitative estimate of drug-likeness (QED) is 0.481. The molecule has 0 fully saturated rings. The lowest BCUT2D eigenvalue weighted by Gasteiger charge is -2.23. The van der Waals surface area contributed by atoms with Gasteiger partial charge in [-0.15, -0.1) is 0 Å². The maximum atomic E-state index is 13.3. The number of hydrogen-bond acceptors (Lipinski definition) is 3. The molecular weight excluding hydrogens is 388 g/mol. The Kier molecular flexibility index (Phi) is 6.26. The van der Waals surface area contributed by atoms with Gasteiger partial charge in [-0.05, 0) is 30.9 Å². The Morgan fingerprint density at radius 1 is 0.935 bits per heavy atom. The molecule has 0 aliphatic carbocycles. The van der Waals surface area contributed by atoms with Crippen molar-refractivity contribution in [3.8, 4) is 0 Å². The van der Waals surface area contributed by atoms with E-state index in [4.69, 9.17) is 0 Å². The average Bonchev–Trinajstić information content (AvgIpc) is 3.26. The first kappa shape index (κ1) is 20.6. The van der Waals surface area contributed by atoms with E-state index in [0.717, 1.165) is 12.8 Å². The van der Waals surface area contributed by atoms with E-state index in [1.54, 1.807) is 19.2 Å². The lowest BCUT2D eigenvalue weighted by Crippen LogP contribution is -2.37. The van der Waals surface area contributed by atoms with Crippen LogP contribution in [0.25, 0.3) is 5.65 Å². The van der Waals surface area contributed by atoms with Crippen molar-refractivity contribution in [2.24, 2.45) is 0 Å². The molecule has 158 valence electrons. The van der Waals surface area contributed by atoms with E-state index in [1.165, 1.54) is 15.6 Å². The van der Waals surface area contributed by atoms with Gasteiger partial charge in [0, 0.05) is 36.6 Å². The molecule has 4 aromatic rings. The molecule has 0 saturated carbocycles. The predicted molar refractivity (Wildman–Crippen MR) is 121 cm³/mol. The average molecular weight is 415 g/mol. The summed E-state index contributed by atoms with van der Waals surface area (Å²) in [5.74, 6) is -0.0552. The second-order valence-electron chi connectivity index (χ2n) is 7.67. The SMILES string of the molecule is Cc1nc2cc[nH]n2c(=O)c1CC(=O)N(CCc1ccccc1)CCc1ccccc1. The third kappa shape index (κ3) is 4.91. The first-order chi connectivity index (χ1) is 15.1. The minimum Gasteiger partial charge on any atom is -0.342 e. The molecule has 1 amide bonds. The summed E-state index contributed by atoms with van der Waals surface area (Å²) in [6.07, 6.45) is 3.25. The van der Waals surface area contributed by atoms with Gasteiger partial charge in [0.1, 0.15) is 0 Å². The highest BCUT2D eigenvalue weighted by Gasteiger charge is 2.19. The van der Waals surface area contributed by atoms with Crippen LogP contribution in [-0.2, 0) is 24.1 Å². The van der Waals surface area contributed by atoms with Gasteiger partial charge in [-0.3, -0.25) is 14.7 Å². The molecule has 6 heteroatoms. The molecule has 0 saturated heterocycles. The fourth-order valence-corrected chi connectivity index (χ4v) is 3.75. The molecule has 0 atom stereocenters. The van der Waals surface area contributed by atoms with Crippen LogP contribution in [0.2, 0.25) is 0 Å². The number of carbonyl (C=O) groups is 1. The highest BCUT2D eigenvalue weighted by molar-refractivity contribution is 5.79. The van der Waals surface area contributed by atoms with E-state index in [1.807, 2.05) is 41.3 Å². The van der Waals surface area contributed by atoms with Crippen LogP contribution in [0.5, 0.6) is 0 Å². The van der Waals surface area contributed by atoms with E-state index in [9.17, 15) is 9.59 Å². The fourth-order valence-electron chi connectivity index (χ4n) is 3.75. The maximum absolute atomic E-state index is 13.3. The van der Waals surface area contributed by atoms with Crippen molar-refractivity contribution in [2.75, 3.05) is 13.1 Å². The Morgan fingerprint density at radius 2 is 1.52 bits per heavy atom. The predicted octanol–water partition coefficient (Wildman–Crippen LogP) is 3.19. The lowest BCUT2D eigenvalue weighted by atomic mass is 10.1. The first-order valence-electron chi connectivity index (χ1n) is 10.5. The van der Waals surface area contributed by atoms with Gasteiger partial charge in [0.2, 0.25) is 5.91 Å². The summed E-state index contributed by atoms with van der Waals surface area (Å²) in [5.41, 5.74) is 3.76. The third-order valence-electron chi connectivity index (χ3n) is 5.55. The number of amides is 1. The van der Waals surface area contributed by atoms with Gasteiger partial charge in [0.15, 0.2) is 5.65 Å². The van der Waals surface area contributed by atoms with Gasteiger partial charge in [-0.1, -0.05) is 60.7 Å². The minimum absolute atomic E-state index is 0.0448. The van der Waals surface area contributed by atoms with E-state index in [2.05, 4.69) is 34.3 Å². The van der Waals surface area contributed by atoms with Crippen LogP contribution in [0.4, 0.5) is 0 Å². The van der Waals surface area contributed by atoms with Gasteiger partial charge in [0.25, 0.3) is 5.56 Å². The molecule has 2 aromatic carbocycles. The first-order valence-corrected chi connectivity index (χ1v) is 10.5. The Labute approximate surface area is 181 Å². The summed E-state index contributed by atoms with van der Waals surface area (Å²) in [5, 5.41) is 2.87. The number of aryl methyl sites for hydroxylation is 1. The molecule has 0 radical (unpaired) electrons. The van der Waals surface area contributed by atoms with Crippen LogP contribution in [0.15, 0.2) is 77.7 Å². The van der Waals surface area contributed by atoms with Crippen molar-refractivity contribution in [3.05, 3.63) is 106 Å². The number of H-pyrrole nitrogens is 1. The number of hydrogen-bond donors (Lipinski definition) is 1. The number of aromatic nitrogens is 3. The van der Waals surface area contributed by atoms with E-state index in [0.29, 0.717) is 30.0 Å². The number of benzene rings is 2. The van der Waals surface area contributed by atoms with Crippen LogP contribution in [0, 0.1) is 6.92 Å². The molecule has 1 N–H and O–H groups in total. The molecule has 2 aromatic heterocycles. The Bertz CT molecular complexity index is 1170. The molecule has 0 spiro atoms. The molecule has 0 aliphatic heterocycles. The van der Waals surface area contributed by atoms with Crippen molar-refractivity contribution in [1.82, 2.24) is 19.5 Å². The summed E-state index contributed by atoms with van der Waals surface area (Å²) in [7, 11) is 0. The molecule has 6 nitrogen and oxygen atoms in total. The van der Waals surface area contributed by atoms with E-state index >= 15 is 0 Å². The highest BCUT2D eigenvalue weighted by atomic mass is 16.2. The molecule has 4 rings (SSSR count). The molecule has 0 unspecified atom stereocenters. The highest BCUT2D eigenvalue weighted by Crippen LogP contribution is 2.09. The van der Waals surface area contributed by atoms with Crippen molar-refractivity contribution in [1.29, 1.82) is 0 Å². The van der Waals surface area contributed by atoms with Crippen molar-refractivity contribution in [2.45, 2.75) is 26.2 Å². The number of aromatic amines is 1. The zero-order chi connectivity index (χ0) is 21.6. The van der Waals surface area contributed by atoms with Crippen molar-refractivity contribution >= 4 is 11.6 Å². The van der Waals surface area contributed by atoms with Crippen LogP contribution >= 0.6 is 0 Å². The third-order valence-corrected chi connectivity index (χ3v) is 5.55. The summed E-state index contributed by atoms with van der Waals surface area (Å²) in [6.45, 7) is 3.00. The standard InChI is InChI=1S/C25H26N4O2/c1-19-22(25(31)29-23(27-19)12-15-26-29)18-24(30)28(16-13-20-8-4-2-5-9-20)17-14-21-10-6-3-7-11-21/h2-12,15,26H,13-14,16-18H2,1H3. The van der Waals surface area contributed by atoms with Crippen LogP contribution in [0.3, 0.4) is 0 Å². The zero-order valence-electron chi connectivity index (χ0n) is 17.6. The number of fused-ring (bicyclic) bond motifs is 1. The Balaban J connectivity index is 1.53. The second-order valence-corrected chi connectivity index (χ2v) is 7.67. The fraction of sp³-hybridized carbons (Fsp3) is 0.240. The summed E-state index contributed by atoms with van der Waals surface area (Å²) in [6, 6.07) is 22.0. The summed E-state index contributed by atoms with van der Waals surface area (Å²) in [4.78, 5) is 32.4. The molecule has 0 bridgehead atoms. The Hall–Kier alpha value is -3.67. The van der Waals surface area contributed by atoms with Crippen LogP contribution in [-0.4, -0.2) is 38.5 Å². The second kappa shape index (κ2) is 9.43. The van der Waals surface area contributed by atoms with Crippen molar-refractivity contribution in [3.63, 3.8) is 0 Å². The van der Waals surface area contributed by atoms with E-state index < -0.39 is 0 Å². The van der Waals surface area contributed by atoms with E-state index in [-0.39, 0.29) is 17.9 Å². The molecular formula is C25H26N4O2. The largest absolute Gasteiger partial charge is 0.342 e. The Morgan fingerprint density at radius 3 is 2.10 bits per heavy atom. The summed E-state index contributed by atoms with van der Waals surface area (Å²) < 4.78 is 1.38. The minimum atomic E-state index is -0.216. The van der Waals surface area contributed by atoms with Gasteiger partial charge in [0.05, 0.1) is 6.42 Å². The maximum Gasteiger partial charge on any atom is 0.276 e. The monoisotopic (exact) mass is 414 g/mol. The smallest absolute Gasteiger partial charge is 0.276 e. The zero-order valence-corrected chi connectivity index (χ0v) is 17.6. The lowest BCUT2D eigenvalue weighted by molar-refractivity contribution is -0.130. The number of rotatable bonds is 8. The number of carbonyl (C=O) groups excluding carboxylic acids is 1. The summed E-state index contributed by atoms with van der Waals surface area (Å²) >= 11 is 0. The van der Waals surface area contributed by atoms with Crippen LogP contribution in [0.1, 0.15) is 22.4 Å². The topological polar surface area (TPSA) is 70.5 Å². The molecule has 31 heavy (non-hydrogen) atoms. The molecule has 2 heterocycles. The van der Waals surface area contributed by atoms with Crippen molar-refractivity contribution < 1.29 is 4.79 Å². The van der Waals surface area contributed by atoms with Gasteiger partial charge in [-0.2, -0.15) is 0 Å². The molecule has 0 aliphatic rings. The number of nitrogens with zero attached hydrogens (tertiary/aromatic N) is 3. The van der Waals surface area contributed by atoms with Crippen LogP contribution < -0.4 is 5.56 Å². The number of nitrogens with one attached hydrogen (secondary N) is 1. The van der Waals surface area contributed by atoms with Gasteiger partial charge < -0.3 is 4.90 Å². The normalized spacial score (nSPS) is 11.0.